The summed E-state index contributed by atoms with van der Waals surface area (Å²) in [5, 5.41) is 13.0. The van der Waals surface area contributed by atoms with Gasteiger partial charge in [0, 0.05) is 6.20 Å². The highest BCUT2D eigenvalue weighted by molar-refractivity contribution is 5.87. The Bertz CT molecular complexity index is 514. The lowest BCUT2D eigenvalue weighted by Gasteiger charge is -2.02. The summed E-state index contributed by atoms with van der Waals surface area (Å²) >= 11 is 0. The lowest BCUT2D eigenvalue weighted by atomic mass is 10.1. The van der Waals surface area contributed by atoms with Gasteiger partial charge in [0.1, 0.15) is 0 Å². The van der Waals surface area contributed by atoms with Crippen molar-refractivity contribution in [3.63, 3.8) is 0 Å². The molecule has 1 heterocycles. The molecule has 0 atom stereocenters. The number of nitrogens with zero attached hydrogens (tertiary/aromatic N) is 2. The number of hydrogen-bond acceptors (Lipinski definition) is 2. The van der Waals surface area contributed by atoms with Crippen molar-refractivity contribution in [1.82, 2.24) is 9.78 Å². The van der Waals surface area contributed by atoms with Crippen molar-refractivity contribution in [2.75, 3.05) is 0 Å². The van der Waals surface area contributed by atoms with Crippen molar-refractivity contribution in [3.8, 4) is 0 Å². The first-order valence-corrected chi connectivity index (χ1v) is 5.52. The minimum absolute atomic E-state index is 0.309. The second kappa shape index (κ2) is 4.82. The van der Waals surface area contributed by atoms with Gasteiger partial charge in [-0.2, -0.15) is 5.10 Å². The first-order chi connectivity index (χ1) is 8.19. The summed E-state index contributed by atoms with van der Waals surface area (Å²) in [5.74, 6) is -0.899. The smallest absolute Gasteiger partial charge is 0.335 e. The molecule has 2 aromatic rings. The van der Waals surface area contributed by atoms with Gasteiger partial charge >= 0.3 is 5.97 Å². The first-order valence-electron chi connectivity index (χ1n) is 5.52. The maximum Gasteiger partial charge on any atom is 0.335 e. The average molecular weight is 230 g/mol. The molecule has 0 aliphatic rings. The molecule has 0 aliphatic carbocycles. The van der Waals surface area contributed by atoms with Crippen molar-refractivity contribution < 1.29 is 9.90 Å². The Morgan fingerprint density at radius 3 is 2.53 bits per heavy atom. The molecule has 88 valence electrons. The topological polar surface area (TPSA) is 55.1 Å². The number of hydrogen-bond donors (Lipinski definition) is 1. The van der Waals surface area contributed by atoms with Crippen LogP contribution in [0.1, 0.15) is 28.4 Å². The number of carboxylic acid groups (broad SMARTS) is 1. The molecule has 4 heteroatoms. The van der Waals surface area contributed by atoms with Gasteiger partial charge in [0.2, 0.25) is 0 Å². The number of aromatic nitrogens is 2. The Morgan fingerprint density at radius 2 is 2.00 bits per heavy atom. The third-order valence-electron chi connectivity index (χ3n) is 2.64. The van der Waals surface area contributed by atoms with Gasteiger partial charge in [-0.3, -0.25) is 4.68 Å². The molecule has 0 radical (unpaired) electrons. The molecule has 1 aromatic carbocycles. The predicted molar refractivity (Wildman–Crippen MR) is 64.1 cm³/mol. The zero-order chi connectivity index (χ0) is 12.3. The fourth-order valence-electron chi connectivity index (χ4n) is 1.62. The largest absolute Gasteiger partial charge is 0.478 e. The highest BCUT2D eigenvalue weighted by Crippen LogP contribution is 2.07. The van der Waals surface area contributed by atoms with E-state index >= 15 is 0 Å². The van der Waals surface area contributed by atoms with Crippen LogP contribution in [0.5, 0.6) is 0 Å². The molecule has 0 saturated carbocycles. The fraction of sp³-hybridized carbons (Fsp3) is 0.231. The third kappa shape index (κ3) is 2.72. The van der Waals surface area contributed by atoms with E-state index in [2.05, 4.69) is 12.0 Å². The second-order valence-corrected chi connectivity index (χ2v) is 3.90. The Labute approximate surface area is 99.5 Å². The van der Waals surface area contributed by atoms with Crippen LogP contribution in [0.4, 0.5) is 0 Å². The molecule has 0 spiro atoms. The highest BCUT2D eigenvalue weighted by atomic mass is 16.4. The number of benzene rings is 1. The molecule has 2 rings (SSSR count). The summed E-state index contributed by atoms with van der Waals surface area (Å²) in [4.78, 5) is 10.7. The van der Waals surface area contributed by atoms with Gasteiger partial charge in [0.25, 0.3) is 0 Å². The minimum atomic E-state index is -0.899. The van der Waals surface area contributed by atoms with Crippen LogP contribution in [0.15, 0.2) is 36.7 Å². The fourth-order valence-corrected chi connectivity index (χ4v) is 1.62. The molecule has 0 aliphatic heterocycles. The lowest BCUT2D eigenvalue weighted by Crippen LogP contribution is -2.01. The summed E-state index contributed by atoms with van der Waals surface area (Å²) in [6, 6.07) is 6.86. The molecular weight excluding hydrogens is 216 g/mol. The summed E-state index contributed by atoms with van der Waals surface area (Å²) < 4.78 is 1.86. The Morgan fingerprint density at radius 1 is 1.29 bits per heavy atom. The first kappa shape index (κ1) is 11.4. The van der Waals surface area contributed by atoms with Crippen LogP contribution in [-0.4, -0.2) is 20.9 Å². The molecule has 1 aromatic heterocycles. The number of carbonyl (C=O) groups is 1. The number of carboxylic acids is 1. The van der Waals surface area contributed by atoms with E-state index in [9.17, 15) is 4.79 Å². The van der Waals surface area contributed by atoms with E-state index in [0.29, 0.717) is 12.1 Å². The van der Waals surface area contributed by atoms with Crippen molar-refractivity contribution in [3.05, 3.63) is 53.3 Å². The van der Waals surface area contributed by atoms with E-state index in [1.807, 2.05) is 29.2 Å². The Hall–Kier alpha value is -2.10. The zero-order valence-electron chi connectivity index (χ0n) is 9.63. The molecule has 4 nitrogen and oxygen atoms in total. The van der Waals surface area contributed by atoms with E-state index in [4.69, 9.17) is 5.11 Å². The maximum absolute atomic E-state index is 10.7. The van der Waals surface area contributed by atoms with Gasteiger partial charge in [0.05, 0.1) is 18.3 Å². The van der Waals surface area contributed by atoms with E-state index < -0.39 is 5.97 Å². The molecule has 0 unspecified atom stereocenters. The van der Waals surface area contributed by atoms with Crippen LogP contribution in [0.2, 0.25) is 0 Å². The van der Waals surface area contributed by atoms with Crippen LogP contribution in [0, 0.1) is 0 Å². The Kier molecular flexibility index (Phi) is 3.23. The van der Waals surface area contributed by atoms with Crippen LogP contribution in [0.25, 0.3) is 0 Å². The molecule has 0 amide bonds. The van der Waals surface area contributed by atoms with Gasteiger partial charge in [-0.25, -0.2) is 4.79 Å². The van der Waals surface area contributed by atoms with Crippen molar-refractivity contribution in [2.45, 2.75) is 19.9 Å². The normalized spacial score (nSPS) is 10.4. The lowest BCUT2D eigenvalue weighted by molar-refractivity contribution is 0.0697. The summed E-state index contributed by atoms with van der Waals surface area (Å²) in [7, 11) is 0. The van der Waals surface area contributed by atoms with E-state index in [-0.39, 0.29) is 0 Å². The average Bonchev–Trinajstić information content (AvgIpc) is 2.77. The minimum Gasteiger partial charge on any atom is -0.478 e. The van der Waals surface area contributed by atoms with Gasteiger partial charge in [-0.15, -0.1) is 0 Å². The quantitative estimate of drug-likeness (QED) is 0.876. The van der Waals surface area contributed by atoms with Gasteiger partial charge < -0.3 is 5.11 Å². The SMILES string of the molecule is CCc1cnn(Cc2ccc(C(=O)O)cc2)c1. The number of aromatic carboxylic acids is 1. The van der Waals surface area contributed by atoms with Crippen LogP contribution < -0.4 is 0 Å². The number of aryl methyl sites for hydroxylation is 1. The van der Waals surface area contributed by atoms with Crippen molar-refractivity contribution in [2.24, 2.45) is 0 Å². The summed E-state index contributed by atoms with van der Waals surface area (Å²) in [6.45, 7) is 2.75. The van der Waals surface area contributed by atoms with E-state index in [1.165, 1.54) is 5.56 Å². The predicted octanol–water partition coefficient (Wildman–Crippen LogP) is 2.19. The van der Waals surface area contributed by atoms with E-state index in [0.717, 1.165) is 12.0 Å². The van der Waals surface area contributed by atoms with Crippen LogP contribution >= 0.6 is 0 Å². The van der Waals surface area contributed by atoms with Gasteiger partial charge in [-0.05, 0) is 29.7 Å². The highest BCUT2D eigenvalue weighted by Gasteiger charge is 2.02. The summed E-state index contributed by atoms with van der Waals surface area (Å²) in [6.07, 6.45) is 4.83. The van der Waals surface area contributed by atoms with Crippen LogP contribution in [0.3, 0.4) is 0 Å². The Balaban J connectivity index is 2.10. The van der Waals surface area contributed by atoms with Crippen molar-refractivity contribution >= 4 is 5.97 Å². The molecule has 0 saturated heterocycles. The monoisotopic (exact) mass is 230 g/mol. The molecular formula is C13H14N2O2. The third-order valence-corrected chi connectivity index (χ3v) is 2.64. The molecule has 1 N–H and O–H groups in total. The summed E-state index contributed by atoms with van der Waals surface area (Å²) in [5.41, 5.74) is 2.55. The van der Waals surface area contributed by atoms with Crippen molar-refractivity contribution in [1.29, 1.82) is 0 Å². The molecule has 0 fully saturated rings. The van der Waals surface area contributed by atoms with Gasteiger partial charge in [0.15, 0.2) is 0 Å². The van der Waals surface area contributed by atoms with Crippen LogP contribution in [-0.2, 0) is 13.0 Å². The van der Waals surface area contributed by atoms with Gasteiger partial charge in [-0.1, -0.05) is 19.1 Å². The molecule has 17 heavy (non-hydrogen) atoms. The second-order valence-electron chi connectivity index (χ2n) is 3.90. The molecule has 0 bridgehead atoms. The number of rotatable bonds is 4. The maximum atomic E-state index is 10.7. The van der Waals surface area contributed by atoms with E-state index in [1.54, 1.807) is 12.1 Å². The standard InChI is InChI=1S/C13H14N2O2/c1-2-10-7-14-15(8-10)9-11-3-5-12(6-4-11)13(16)17/h3-8H,2,9H2,1H3,(H,16,17). The zero-order valence-corrected chi connectivity index (χ0v) is 9.63.